The monoisotopic (exact) mass is 573 g/mol. The largest absolute Gasteiger partial charge is 0.497 e. The fraction of sp³-hybridized carbons (Fsp3) is 0.286. The molecule has 2 amide bonds. The molecule has 0 aliphatic carbocycles. The molecule has 1 N–H and O–H groups in total. The molecule has 0 bridgehead atoms. The molecule has 0 saturated carbocycles. The van der Waals surface area contributed by atoms with Crippen LogP contribution in [0, 0.1) is 0 Å². The predicted molar refractivity (Wildman–Crippen MR) is 151 cm³/mol. The Morgan fingerprint density at radius 1 is 0.949 bits per heavy atom. The van der Waals surface area contributed by atoms with Crippen molar-refractivity contribution in [3.63, 3.8) is 0 Å². The van der Waals surface area contributed by atoms with Gasteiger partial charge >= 0.3 is 0 Å². The summed E-state index contributed by atoms with van der Waals surface area (Å²) in [6.45, 7) is 1.29. The first-order chi connectivity index (χ1) is 18.7. The maximum absolute atomic E-state index is 13.9. The van der Waals surface area contributed by atoms with Crippen LogP contribution in [-0.2, 0) is 26.2 Å². The molecule has 0 radical (unpaired) electrons. The minimum Gasteiger partial charge on any atom is -0.497 e. The number of likely N-dealkylation sites (N-methyl/N-ethyl adjacent to an activating group) is 1. The van der Waals surface area contributed by atoms with Gasteiger partial charge in [0.2, 0.25) is 11.8 Å². The van der Waals surface area contributed by atoms with Crippen molar-refractivity contribution >= 4 is 39.1 Å². The third-order valence-electron chi connectivity index (χ3n) is 6.18. The zero-order chi connectivity index (χ0) is 28.6. The number of methoxy groups -OCH3 is 2. The van der Waals surface area contributed by atoms with E-state index in [9.17, 15) is 18.0 Å². The van der Waals surface area contributed by atoms with E-state index in [0.717, 1.165) is 9.87 Å². The van der Waals surface area contributed by atoms with Crippen molar-refractivity contribution in [3.8, 4) is 11.5 Å². The van der Waals surface area contributed by atoms with Gasteiger partial charge in [-0.05, 0) is 60.5 Å². The molecule has 3 rings (SSSR count). The molecule has 0 spiro atoms. The van der Waals surface area contributed by atoms with Crippen LogP contribution in [-0.4, -0.2) is 59.0 Å². The van der Waals surface area contributed by atoms with Crippen LogP contribution in [0.15, 0.2) is 77.7 Å². The number of carbonyl (C=O) groups excluding carboxylic acids is 2. The van der Waals surface area contributed by atoms with Gasteiger partial charge in [-0.25, -0.2) is 8.42 Å². The Morgan fingerprint density at radius 2 is 1.59 bits per heavy atom. The van der Waals surface area contributed by atoms with Crippen molar-refractivity contribution < 1.29 is 27.5 Å². The van der Waals surface area contributed by atoms with Crippen molar-refractivity contribution in [2.24, 2.45) is 0 Å². The minimum absolute atomic E-state index is 0.0374. The van der Waals surface area contributed by atoms with Gasteiger partial charge in [0.1, 0.15) is 24.1 Å². The van der Waals surface area contributed by atoms with Gasteiger partial charge in [0.25, 0.3) is 10.0 Å². The van der Waals surface area contributed by atoms with Crippen LogP contribution in [0.25, 0.3) is 0 Å². The molecule has 0 fully saturated rings. The second kappa shape index (κ2) is 13.3. The van der Waals surface area contributed by atoms with E-state index in [1.54, 1.807) is 55.5 Å². The number of halogens is 1. The smallest absolute Gasteiger partial charge is 0.264 e. The first-order valence-electron chi connectivity index (χ1n) is 12.2. The second-order valence-corrected chi connectivity index (χ2v) is 10.8. The number of nitrogens with one attached hydrogen (secondary N) is 1. The molecular formula is C28H32ClN3O6S. The summed E-state index contributed by atoms with van der Waals surface area (Å²) in [6.07, 6.45) is 0.318. The number of hydrogen-bond donors (Lipinski definition) is 1. The number of amides is 2. The number of para-hydroxylation sites is 2. The van der Waals surface area contributed by atoms with Crippen LogP contribution >= 0.6 is 11.6 Å². The van der Waals surface area contributed by atoms with Crippen molar-refractivity contribution in [1.82, 2.24) is 10.2 Å². The standard InChI is InChI=1S/C28H32ClN3O6S/c1-5-24(28(34)30-2)31(18-20-10-12-21(29)13-11-20)27(33)19-32(25-8-6-7-9-26(25)38-4)39(35,36)23-16-14-22(37-3)15-17-23/h6-17,24H,5,18-19H2,1-4H3,(H,30,34)/t24-/m0/s1. The normalized spacial score (nSPS) is 11.8. The number of anilines is 1. The quantitative estimate of drug-likeness (QED) is 0.350. The lowest BCUT2D eigenvalue weighted by atomic mass is 10.1. The van der Waals surface area contributed by atoms with Crippen molar-refractivity contribution in [2.75, 3.05) is 32.1 Å². The topological polar surface area (TPSA) is 105 Å². The third kappa shape index (κ3) is 7.01. The first kappa shape index (κ1) is 29.8. The van der Waals surface area contributed by atoms with Crippen LogP contribution in [0.4, 0.5) is 5.69 Å². The molecule has 0 aliphatic rings. The van der Waals surface area contributed by atoms with E-state index in [1.807, 2.05) is 0 Å². The summed E-state index contributed by atoms with van der Waals surface area (Å²) in [6, 6.07) is 18.5. The summed E-state index contributed by atoms with van der Waals surface area (Å²) in [5.74, 6) is -0.172. The van der Waals surface area contributed by atoms with Crippen LogP contribution in [0.5, 0.6) is 11.5 Å². The van der Waals surface area contributed by atoms with Crippen LogP contribution in [0.1, 0.15) is 18.9 Å². The number of hydrogen-bond acceptors (Lipinski definition) is 6. The first-order valence-corrected chi connectivity index (χ1v) is 14.0. The molecule has 0 heterocycles. The molecule has 0 aromatic heterocycles. The molecule has 39 heavy (non-hydrogen) atoms. The van der Waals surface area contributed by atoms with E-state index in [2.05, 4.69) is 5.32 Å². The van der Waals surface area contributed by atoms with Gasteiger partial charge < -0.3 is 19.7 Å². The van der Waals surface area contributed by atoms with Crippen LogP contribution < -0.4 is 19.1 Å². The zero-order valence-corrected chi connectivity index (χ0v) is 23.8. The highest BCUT2D eigenvalue weighted by atomic mass is 35.5. The number of nitrogens with zero attached hydrogens (tertiary/aromatic N) is 2. The number of benzene rings is 3. The summed E-state index contributed by atoms with van der Waals surface area (Å²) >= 11 is 6.03. The highest BCUT2D eigenvalue weighted by molar-refractivity contribution is 7.92. The SMILES string of the molecule is CC[C@@H](C(=O)NC)N(Cc1ccc(Cl)cc1)C(=O)CN(c1ccccc1OC)S(=O)(=O)c1ccc(OC)cc1. The zero-order valence-electron chi connectivity index (χ0n) is 22.3. The predicted octanol–water partition coefficient (Wildman–Crippen LogP) is 4.11. The molecule has 0 aliphatic heterocycles. The van der Waals surface area contributed by atoms with Crippen LogP contribution in [0.3, 0.4) is 0 Å². The van der Waals surface area contributed by atoms with Gasteiger partial charge in [0.05, 0.1) is 24.8 Å². The Kier molecular flexibility index (Phi) is 10.2. The summed E-state index contributed by atoms with van der Waals surface area (Å²) in [5, 5.41) is 3.13. The Bertz CT molecular complexity index is 1380. The van der Waals surface area contributed by atoms with Gasteiger partial charge in [-0.3, -0.25) is 13.9 Å². The number of ether oxygens (including phenoxy) is 2. The summed E-state index contributed by atoms with van der Waals surface area (Å²) in [5.41, 5.74) is 0.917. The van der Waals surface area contributed by atoms with Gasteiger partial charge in [0, 0.05) is 18.6 Å². The van der Waals surface area contributed by atoms with Crippen molar-refractivity contribution in [2.45, 2.75) is 30.8 Å². The summed E-state index contributed by atoms with van der Waals surface area (Å²) in [7, 11) is 0.149. The molecule has 0 unspecified atom stereocenters. The van der Waals surface area contributed by atoms with Crippen molar-refractivity contribution in [3.05, 3.63) is 83.4 Å². The highest BCUT2D eigenvalue weighted by Crippen LogP contribution is 2.33. The number of rotatable bonds is 12. The Morgan fingerprint density at radius 3 is 2.15 bits per heavy atom. The van der Waals surface area contributed by atoms with E-state index in [-0.39, 0.29) is 28.8 Å². The molecule has 3 aromatic carbocycles. The molecule has 208 valence electrons. The molecule has 0 saturated heterocycles. The fourth-order valence-corrected chi connectivity index (χ4v) is 5.65. The van der Waals surface area contributed by atoms with Gasteiger partial charge in [-0.2, -0.15) is 0 Å². The Hall–Kier alpha value is -3.76. The number of sulfonamides is 1. The lowest BCUT2D eigenvalue weighted by molar-refractivity contribution is -0.140. The third-order valence-corrected chi connectivity index (χ3v) is 8.20. The second-order valence-electron chi connectivity index (χ2n) is 8.55. The van der Waals surface area contributed by atoms with Gasteiger partial charge in [-0.15, -0.1) is 0 Å². The van der Waals surface area contributed by atoms with Gasteiger partial charge in [0.15, 0.2) is 0 Å². The lowest BCUT2D eigenvalue weighted by Gasteiger charge is -2.33. The van der Waals surface area contributed by atoms with E-state index in [1.165, 1.54) is 50.4 Å². The number of carbonyl (C=O) groups is 2. The van der Waals surface area contributed by atoms with Gasteiger partial charge in [-0.1, -0.05) is 42.8 Å². The van der Waals surface area contributed by atoms with Crippen molar-refractivity contribution in [1.29, 1.82) is 0 Å². The lowest BCUT2D eigenvalue weighted by Crippen LogP contribution is -2.51. The van der Waals surface area contributed by atoms with E-state index in [0.29, 0.717) is 17.2 Å². The Balaban J connectivity index is 2.09. The molecule has 3 aromatic rings. The highest BCUT2D eigenvalue weighted by Gasteiger charge is 2.34. The van der Waals surface area contributed by atoms with E-state index in [4.69, 9.17) is 21.1 Å². The van der Waals surface area contributed by atoms with E-state index >= 15 is 0 Å². The minimum atomic E-state index is -4.24. The maximum atomic E-state index is 13.9. The molecular weight excluding hydrogens is 542 g/mol. The average Bonchev–Trinajstić information content (AvgIpc) is 2.96. The fourth-order valence-electron chi connectivity index (χ4n) is 4.10. The van der Waals surface area contributed by atoms with Crippen LogP contribution in [0.2, 0.25) is 5.02 Å². The summed E-state index contributed by atoms with van der Waals surface area (Å²) < 4.78 is 39.5. The molecule has 11 heteroatoms. The molecule has 1 atom stereocenters. The maximum Gasteiger partial charge on any atom is 0.264 e. The summed E-state index contributed by atoms with van der Waals surface area (Å²) in [4.78, 5) is 28.1. The Labute approximate surface area is 234 Å². The average molecular weight is 574 g/mol. The van der Waals surface area contributed by atoms with E-state index < -0.39 is 28.5 Å². The molecule has 9 nitrogen and oxygen atoms in total.